The van der Waals surface area contributed by atoms with E-state index in [4.69, 9.17) is 11.6 Å². The summed E-state index contributed by atoms with van der Waals surface area (Å²) in [5.74, 6) is 0. The number of nitrogens with zero attached hydrogens (tertiary/aromatic N) is 3. The molecule has 0 amide bonds. The van der Waals surface area contributed by atoms with Crippen molar-refractivity contribution in [2.45, 2.75) is 39.3 Å². The second kappa shape index (κ2) is 5.94. The molecule has 1 N–H and O–H groups in total. The first-order valence-electron chi connectivity index (χ1n) is 6.64. The van der Waals surface area contributed by atoms with Crippen molar-refractivity contribution < 1.29 is 5.11 Å². The molecule has 108 valence electrons. The monoisotopic (exact) mass is 293 g/mol. The van der Waals surface area contributed by atoms with Crippen LogP contribution in [0.15, 0.2) is 36.9 Å². The molecule has 0 unspecified atom stereocenters. The molecule has 2 aromatic rings. The molecule has 0 radical (unpaired) electrons. The SMILES string of the molecule is CC(C)(C)[C@@H](O)[C@@H](Cc1ccc(Cl)cc1)n1cncn1. The predicted molar refractivity (Wildman–Crippen MR) is 79.7 cm³/mol. The fraction of sp³-hybridized carbons (Fsp3) is 0.467. The molecule has 1 aromatic carbocycles. The van der Waals surface area contributed by atoms with E-state index in [1.54, 1.807) is 11.0 Å². The summed E-state index contributed by atoms with van der Waals surface area (Å²) in [6.45, 7) is 6.05. The van der Waals surface area contributed by atoms with Gasteiger partial charge in [-0.3, -0.25) is 0 Å². The number of aliphatic hydroxyl groups excluding tert-OH is 1. The lowest BCUT2D eigenvalue weighted by molar-refractivity contribution is 0.0124. The number of aliphatic hydroxyl groups is 1. The van der Waals surface area contributed by atoms with E-state index < -0.39 is 6.10 Å². The maximum absolute atomic E-state index is 10.6. The molecule has 0 saturated heterocycles. The van der Waals surface area contributed by atoms with E-state index in [0.717, 1.165) is 5.56 Å². The van der Waals surface area contributed by atoms with Crippen molar-refractivity contribution >= 4 is 11.6 Å². The third kappa shape index (κ3) is 3.58. The average molecular weight is 294 g/mol. The summed E-state index contributed by atoms with van der Waals surface area (Å²) in [5.41, 5.74) is 0.876. The molecule has 5 heteroatoms. The van der Waals surface area contributed by atoms with Crippen molar-refractivity contribution in [3.8, 4) is 0 Å². The fourth-order valence-corrected chi connectivity index (χ4v) is 2.30. The topological polar surface area (TPSA) is 50.9 Å². The smallest absolute Gasteiger partial charge is 0.137 e. The van der Waals surface area contributed by atoms with Crippen LogP contribution in [0.3, 0.4) is 0 Å². The first kappa shape index (κ1) is 15.0. The van der Waals surface area contributed by atoms with E-state index in [2.05, 4.69) is 10.1 Å². The van der Waals surface area contributed by atoms with Gasteiger partial charge in [-0.15, -0.1) is 0 Å². The molecule has 0 bridgehead atoms. The van der Waals surface area contributed by atoms with Crippen molar-refractivity contribution in [1.29, 1.82) is 0 Å². The van der Waals surface area contributed by atoms with Crippen LogP contribution in [0, 0.1) is 5.41 Å². The molecular formula is C15H20ClN3O. The van der Waals surface area contributed by atoms with Crippen LogP contribution in [-0.2, 0) is 6.42 Å². The molecule has 1 aromatic heterocycles. The largest absolute Gasteiger partial charge is 0.390 e. The number of halogens is 1. The second-order valence-electron chi connectivity index (χ2n) is 6.08. The Balaban J connectivity index is 2.26. The molecule has 20 heavy (non-hydrogen) atoms. The summed E-state index contributed by atoms with van der Waals surface area (Å²) >= 11 is 5.91. The van der Waals surface area contributed by atoms with Crippen LogP contribution in [-0.4, -0.2) is 26.0 Å². The van der Waals surface area contributed by atoms with Crippen LogP contribution in [0.5, 0.6) is 0 Å². The van der Waals surface area contributed by atoms with Crippen molar-refractivity contribution in [3.63, 3.8) is 0 Å². The summed E-state index contributed by atoms with van der Waals surface area (Å²) in [4.78, 5) is 3.98. The number of hydrogen-bond donors (Lipinski definition) is 1. The average Bonchev–Trinajstić information content (AvgIpc) is 2.90. The summed E-state index contributed by atoms with van der Waals surface area (Å²) in [5, 5.41) is 15.5. The molecule has 0 spiro atoms. The molecule has 4 nitrogen and oxygen atoms in total. The Labute approximate surface area is 124 Å². The van der Waals surface area contributed by atoms with Crippen molar-refractivity contribution in [1.82, 2.24) is 14.8 Å². The zero-order valence-electron chi connectivity index (χ0n) is 12.0. The van der Waals surface area contributed by atoms with Gasteiger partial charge in [-0.2, -0.15) is 5.10 Å². The van der Waals surface area contributed by atoms with Gasteiger partial charge in [0.25, 0.3) is 0 Å². The van der Waals surface area contributed by atoms with Gasteiger partial charge >= 0.3 is 0 Å². The van der Waals surface area contributed by atoms with Crippen molar-refractivity contribution in [3.05, 3.63) is 47.5 Å². The standard InChI is InChI=1S/C15H20ClN3O/c1-15(2,3)14(20)13(19-10-17-9-18-19)8-11-4-6-12(16)7-5-11/h4-7,9-10,13-14,20H,8H2,1-3H3/t13-,14+/m1/s1. The lowest BCUT2D eigenvalue weighted by Crippen LogP contribution is -2.37. The molecule has 0 saturated carbocycles. The lowest BCUT2D eigenvalue weighted by atomic mass is 9.82. The van der Waals surface area contributed by atoms with Gasteiger partial charge in [0, 0.05) is 5.02 Å². The van der Waals surface area contributed by atoms with E-state index in [0.29, 0.717) is 11.4 Å². The van der Waals surface area contributed by atoms with E-state index in [1.807, 2.05) is 45.0 Å². The molecule has 0 aliphatic carbocycles. The maximum atomic E-state index is 10.6. The highest BCUT2D eigenvalue weighted by molar-refractivity contribution is 6.30. The highest BCUT2D eigenvalue weighted by Crippen LogP contribution is 2.30. The normalized spacial score (nSPS) is 15.1. The zero-order chi connectivity index (χ0) is 14.8. The minimum Gasteiger partial charge on any atom is -0.390 e. The summed E-state index contributed by atoms with van der Waals surface area (Å²) in [7, 11) is 0. The van der Waals surface area contributed by atoms with Crippen LogP contribution in [0.4, 0.5) is 0 Å². The molecular weight excluding hydrogens is 274 g/mol. The van der Waals surface area contributed by atoms with E-state index in [9.17, 15) is 5.11 Å². The zero-order valence-corrected chi connectivity index (χ0v) is 12.7. The summed E-state index contributed by atoms with van der Waals surface area (Å²) < 4.78 is 1.73. The van der Waals surface area contributed by atoms with E-state index >= 15 is 0 Å². The minimum atomic E-state index is -0.528. The van der Waals surface area contributed by atoms with Gasteiger partial charge in [0.2, 0.25) is 0 Å². The summed E-state index contributed by atoms with van der Waals surface area (Å²) in [6, 6.07) is 7.51. The van der Waals surface area contributed by atoms with Gasteiger partial charge in [0.1, 0.15) is 12.7 Å². The highest BCUT2D eigenvalue weighted by atomic mass is 35.5. The predicted octanol–water partition coefficient (Wildman–Crippen LogP) is 3.12. The Morgan fingerprint density at radius 1 is 1.25 bits per heavy atom. The molecule has 0 aliphatic heterocycles. The number of aromatic nitrogens is 3. The molecule has 1 heterocycles. The van der Waals surface area contributed by atoms with E-state index in [1.165, 1.54) is 6.33 Å². The first-order valence-corrected chi connectivity index (χ1v) is 7.02. The third-order valence-electron chi connectivity index (χ3n) is 3.39. The van der Waals surface area contributed by atoms with Crippen LogP contribution in [0.25, 0.3) is 0 Å². The highest BCUT2D eigenvalue weighted by Gasteiger charge is 2.32. The Hall–Kier alpha value is -1.39. The lowest BCUT2D eigenvalue weighted by Gasteiger charge is -2.33. The molecule has 0 aliphatic rings. The second-order valence-corrected chi connectivity index (χ2v) is 6.52. The van der Waals surface area contributed by atoms with Crippen LogP contribution in [0.2, 0.25) is 5.02 Å². The Bertz CT molecular complexity index is 531. The van der Waals surface area contributed by atoms with E-state index in [-0.39, 0.29) is 11.5 Å². The fourth-order valence-electron chi connectivity index (χ4n) is 2.18. The van der Waals surface area contributed by atoms with Crippen molar-refractivity contribution in [2.24, 2.45) is 5.41 Å². The Morgan fingerprint density at radius 2 is 1.90 bits per heavy atom. The van der Waals surface area contributed by atoms with Crippen LogP contribution < -0.4 is 0 Å². The van der Waals surface area contributed by atoms with Gasteiger partial charge in [-0.1, -0.05) is 44.5 Å². The maximum Gasteiger partial charge on any atom is 0.137 e. The molecule has 2 atom stereocenters. The Kier molecular flexibility index (Phi) is 4.45. The van der Waals surface area contributed by atoms with Gasteiger partial charge in [0.15, 0.2) is 0 Å². The van der Waals surface area contributed by atoms with Gasteiger partial charge in [-0.05, 0) is 29.5 Å². The minimum absolute atomic E-state index is 0.154. The molecule has 0 fully saturated rings. The van der Waals surface area contributed by atoms with Gasteiger partial charge < -0.3 is 5.11 Å². The van der Waals surface area contributed by atoms with Crippen molar-refractivity contribution in [2.75, 3.05) is 0 Å². The van der Waals surface area contributed by atoms with Gasteiger partial charge in [0.05, 0.1) is 12.1 Å². The van der Waals surface area contributed by atoms with Crippen LogP contribution >= 0.6 is 11.6 Å². The third-order valence-corrected chi connectivity index (χ3v) is 3.64. The number of rotatable bonds is 4. The summed E-state index contributed by atoms with van der Waals surface area (Å²) in [6.07, 6.45) is 3.29. The van der Waals surface area contributed by atoms with Crippen LogP contribution in [0.1, 0.15) is 32.4 Å². The quantitative estimate of drug-likeness (QED) is 0.942. The number of benzene rings is 1. The number of hydrogen-bond acceptors (Lipinski definition) is 3. The first-order chi connectivity index (χ1) is 9.38. The van der Waals surface area contributed by atoms with Gasteiger partial charge in [-0.25, -0.2) is 9.67 Å². The Morgan fingerprint density at radius 3 is 2.40 bits per heavy atom. The molecule has 2 rings (SSSR count).